The summed E-state index contributed by atoms with van der Waals surface area (Å²) in [6, 6.07) is 17.7. The number of anilines is 1. The third kappa shape index (κ3) is 5.08. The zero-order chi connectivity index (χ0) is 21.5. The molecule has 0 aromatic heterocycles. The zero-order valence-electron chi connectivity index (χ0n) is 16.2. The topological polar surface area (TPSA) is 105 Å². The molecular formula is C23H21NO6. The molecule has 1 atom stereocenters. The smallest absolute Gasteiger partial charge is 0.412 e. The number of amides is 1. The van der Waals surface area contributed by atoms with Crippen LogP contribution in [-0.2, 0) is 9.53 Å². The molecule has 3 N–H and O–H groups in total. The molecule has 30 heavy (non-hydrogen) atoms. The van der Waals surface area contributed by atoms with Gasteiger partial charge in [-0.05, 0) is 29.1 Å². The first kappa shape index (κ1) is 20.7. The maximum absolute atomic E-state index is 12.6. The number of carboxylic acids is 1. The van der Waals surface area contributed by atoms with Gasteiger partial charge in [-0.25, -0.2) is 9.59 Å². The Hall–Kier alpha value is -4.00. The number of aliphatic carboxylic acids is 1. The highest BCUT2D eigenvalue weighted by Gasteiger charge is 2.18. The number of methoxy groups -OCH3 is 1. The fourth-order valence-corrected chi connectivity index (χ4v) is 3.06. The molecule has 0 bridgehead atoms. The number of carbonyl (C=O) groups is 2. The average Bonchev–Trinajstić information content (AvgIpc) is 2.73. The Morgan fingerprint density at radius 1 is 1.10 bits per heavy atom. The summed E-state index contributed by atoms with van der Waals surface area (Å²) in [5.74, 6) is -0.939. The molecule has 0 saturated carbocycles. The van der Waals surface area contributed by atoms with Crippen molar-refractivity contribution in [1.29, 1.82) is 0 Å². The van der Waals surface area contributed by atoms with E-state index in [0.29, 0.717) is 11.3 Å². The Kier molecular flexibility index (Phi) is 6.54. The number of phenolic OH excluding ortho intramolecular Hbond substituents is 1. The van der Waals surface area contributed by atoms with Crippen LogP contribution in [0.1, 0.15) is 18.1 Å². The lowest BCUT2D eigenvalue weighted by molar-refractivity contribution is -0.131. The van der Waals surface area contributed by atoms with Crippen molar-refractivity contribution in [3.8, 4) is 11.5 Å². The fraction of sp³-hybridized carbons (Fsp3) is 0.130. The number of nitrogens with one attached hydrogen (secondary N) is 1. The van der Waals surface area contributed by atoms with Crippen molar-refractivity contribution in [3.05, 3.63) is 78.4 Å². The predicted molar refractivity (Wildman–Crippen MR) is 113 cm³/mol. The SMILES string of the molecule is COc1ccc([C@@H](C/C=C/C(=O)O)OC(=O)Nc2cccc3ccccc23)cc1O. The lowest BCUT2D eigenvalue weighted by Crippen LogP contribution is -2.17. The van der Waals surface area contributed by atoms with Crippen molar-refractivity contribution < 1.29 is 29.3 Å². The summed E-state index contributed by atoms with van der Waals surface area (Å²) in [5.41, 5.74) is 1.09. The maximum Gasteiger partial charge on any atom is 0.412 e. The Morgan fingerprint density at radius 2 is 1.87 bits per heavy atom. The largest absolute Gasteiger partial charge is 0.504 e. The van der Waals surface area contributed by atoms with Gasteiger partial charge in [-0.15, -0.1) is 0 Å². The highest BCUT2D eigenvalue weighted by molar-refractivity contribution is 6.00. The van der Waals surface area contributed by atoms with Gasteiger partial charge >= 0.3 is 12.1 Å². The van der Waals surface area contributed by atoms with Crippen LogP contribution in [0.5, 0.6) is 11.5 Å². The van der Waals surface area contributed by atoms with Gasteiger partial charge in [0.25, 0.3) is 0 Å². The summed E-state index contributed by atoms with van der Waals surface area (Å²) >= 11 is 0. The van der Waals surface area contributed by atoms with E-state index in [4.69, 9.17) is 14.6 Å². The first-order valence-electron chi connectivity index (χ1n) is 9.19. The van der Waals surface area contributed by atoms with Crippen LogP contribution in [0.3, 0.4) is 0 Å². The van der Waals surface area contributed by atoms with Crippen LogP contribution in [0.15, 0.2) is 72.8 Å². The van der Waals surface area contributed by atoms with E-state index in [9.17, 15) is 14.7 Å². The second-order valence-corrected chi connectivity index (χ2v) is 6.45. The summed E-state index contributed by atoms with van der Waals surface area (Å²) in [6.07, 6.45) is 0.964. The minimum Gasteiger partial charge on any atom is -0.504 e. The van der Waals surface area contributed by atoms with Crippen molar-refractivity contribution in [2.75, 3.05) is 12.4 Å². The summed E-state index contributed by atoms with van der Waals surface area (Å²) in [6.45, 7) is 0. The Labute approximate surface area is 173 Å². The lowest BCUT2D eigenvalue weighted by atomic mass is 10.1. The van der Waals surface area contributed by atoms with E-state index in [2.05, 4.69) is 5.32 Å². The van der Waals surface area contributed by atoms with Gasteiger partial charge in [0.1, 0.15) is 6.10 Å². The van der Waals surface area contributed by atoms with Crippen molar-refractivity contribution in [2.45, 2.75) is 12.5 Å². The van der Waals surface area contributed by atoms with E-state index >= 15 is 0 Å². The van der Waals surface area contributed by atoms with E-state index in [1.54, 1.807) is 18.2 Å². The first-order chi connectivity index (χ1) is 14.5. The number of hydrogen-bond donors (Lipinski definition) is 3. The number of benzene rings is 3. The Balaban J connectivity index is 1.81. The summed E-state index contributed by atoms with van der Waals surface area (Å²) in [5, 5.41) is 23.4. The van der Waals surface area contributed by atoms with Gasteiger partial charge in [-0.2, -0.15) is 0 Å². The molecule has 3 aromatic rings. The normalized spacial score (nSPS) is 11.9. The molecule has 0 aliphatic rings. The minimum atomic E-state index is -1.11. The van der Waals surface area contributed by atoms with Crippen LogP contribution in [0.2, 0.25) is 0 Å². The molecule has 154 valence electrons. The molecule has 3 rings (SSSR count). The van der Waals surface area contributed by atoms with E-state index < -0.39 is 18.2 Å². The molecule has 0 fully saturated rings. The van der Waals surface area contributed by atoms with E-state index in [-0.39, 0.29) is 17.9 Å². The molecule has 7 heteroatoms. The number of aromatic hydroxyl groups is 1. The van der Waals surface area contributed by atoms with Gasteiger partial charge in [-0.1, -0.05) is 48.5 Å². The first-order valence-corrected chi connectivity index (χ1v) is 9.19. The number of hydrogen-bond acceptors (Lipinski definition) is 5. The molecule has 1 amide bonds. The molecule has 0 unspecified atom stereocenters. The quantitative estimate of drug-likeness (QED) is 0.483. The highest BCUT2D eigenvalue weighted by atomic mass is 16.6. The van der Waals surface area contributed by atoms with Crippen LogP contribution in [0, 0.1) is 0 Å². The van der Waals surface area contributed by atoms with Crippen LogP contribution < -0.4 is 10.1 Å². The van der Waals surface area contributed by atoms with Crippen molar-refractivity contribution in [3.63, 3.8) is 0 Å². The molecule has 0 aliphatic heterocycles. The van der Waals surface area contributed by atoms with Crippen molar-refractivity contribution in [2.24, 2.45) is 0 Å². The molecule has 0 aliphatic carbocycles. The Morgan fingerprint density at radius 3 is 2.60 bits per heavy atom. The van der Waals surface area contributed by atoms with Crippen LogP contribution >= 0.6 is 0 Å². The number of carbonyl (C=O) groups excluding carboxylic acids is 1. The number of fused-ring (bicyclic) bond motifs is 1. The second kappa shape index (κ2) is 9.47. The average molecular weight is 407 g/mol. The van der Waals surface area contributed by atoms with Gasteiger partial charge < -0.3 is 19.7 Å². The van der Waals surface area contributed by atoms with Gasteiger partial charge in [-0.3, -0.25) is 5.32 Å². The minimum absolute atomic E-state index is 0.111. The molecule has 3 aromatic carbocycles. The fourth-order valence-electron chi connectivity index (χ4n) is 3.06. The van der Waals surface area contributed by atoms with Gasteiger partial charge in [0.05, 0.1) is 12.8 Å². The molecule has 7 nitrogen and oxygen atoms in total. The molecule has 0 spiro atoms. The molecular weight excluding hydrogens is 386 g/mol. The zero-order valence-corrected chi connectivity index (χ0v) is 16.2. The molecule has 0 radical (unpaired) electrons. The van der Waals surface area contributed by atoms with Crippen LogP contribution in [0.4, 0.5) is 10.5 Å². The van der Waals surface area contributed by atoms with E-state index in [0.717, 1.165) is 16.8 Å². The van der Waals surface area contributed by atoms with Crippen LogP contribution in [0.25, 0.3) is 10.8 Å². The second-order valence-electron chi connectivity index (χ2n) is 6.45. The van der Waals surface area contributed by atoms with Gasteiger partial charge in [0, 0.05) is 17.9 Å². The third-order valence-electron chi connectivity index (χ3n) is 4.46. The van der Waals surface area contributed by atoms with Gasteiger partial charge in [0.2, 0.25) is 0 Å². The standard InChI is InChI=1S/C23H21NO6/c1-29-21-13-12-16(14-19(21)25)20(10-5-11-22(26)27)30-23(28)24-18-9-4-7-15-6-2-3-8-17(15)18/h2-9,11-14,20,25H,10H2,1H3,(H,24,28)(H,26,27)/b11-5+/t20-/m1/s1. The highest BCUT2D eigenvalue weighted by Crippen LogP contribution is 2.32. The van der Waals surface area contributed by atoms with E-state index in [1.807, 2.05) is 36.4 Å². The van der Waals surface area contributed by atoms with Crippen molar-refractivity contribution >= 4 is 28.5 Å². The van der Waals surface area contributed by atoms with Crippen LogP contribution in [-0.4, -0.2) is 29.4 Å². The van der Waals surface area contributed by atoms with E-state index in [1.165, 1.54) is 19.3 Å². The number of carboxylic acid groups (broad SMARTS) is 1. The molecule has 0 saturated heterocycles. The third-order valence-corrected chi connectivity index (χ3v) is 4.46. The molecule has 0 heterocycles. The Bertz CT molecular complexity index is 1090. The lowest BCUT2D eigenvalue weighted by Gasteiger charge is -2.18. The number of rotatable bonds is 7. The maximum atomic E-state index is 12.6. The summed E-state index contributed by atoms with van der Waals surface area (Å²) in [4.78, 5) is 23.4. The summed E-state index contributed by atoms with van der Waals surface area (Å²) in [7, 11) is 1.43. The van der Waals surface area contributed by atoms with Gasteiger partial charge in [0.15, 0.2) is 11.5 Å². The summed E-state index contributed by atoms with van der Waals surface area (Å²) < 4.78 is 10.6. The van der Waals surface area contributed by atoms with Crippen molar-refractivity contribution in [1.82, 2.24) is 0 Å². The predicted octanol–water partition coefficient (Wildman–Crippen LogP) is 4.87. The number of ether oxygens (including phenoxy) is 2. The number of phenols is 1. The monoisotopic (exact) mass is 407 g/mol.